The Morgan fingerprint density at radius 2 is 0.602 bits per heavy atom. The Bertz CT molecular complexity index is 1300. The normalized spacial score (nSPS) is 12.6. The van der Waals surface area contributed by atoms with Crippen molar-refractivity contribution in [3.8, 4) is 0 Å². The van der Waals surface area contributed by atoms with Crippen molar-refractivity contribution in [1.29, 1.82) is 0 Å². The average molecular weight is 1170 g/mol. The summed E-state index contributed by atoms with van der Waals surface area (Å²) in [4.78, 5) is 24.7. The number of aliphatic hydroxyl groups is 2. The molecule has 0 aromatic heterocycles. The van der Waals surface area contributed by atoms with Gasteiger partial charge in [-0.25, -0.2) is 0 Å². The summed E-state index contributed by atoms with van der Waals surface area (Å²) in [7, 11) is 0. The zero-order valence-electron chi connectivity index (χ0n) is 56.5. The number of aliphatic hydroxyl groups excluding tert-OH is 2. The molecule has 83 heavy (non-hydrogen) atoms. The van der Waals surface area contributed by atoms with Crippen LogP contribution in [0.3, 0.4) is 0 Å². The smallest absolute Gasteiger partial charge is 0.305 e. The number of unbranched alkanes of at least 4 members (excludes halogenated alkanes) is 57. The van der Waals surface area contributed by atoms with E-state index >= 15 is 0 Å². The summed E-state index contributed by atoms with van der Waals surface area (Å²) in [5, 5.41) is 23.4. The van der Waals surface area contributed by atoms with Crippen molar-refractivity contribution in [2.24, 2.45) is 0 Å². The third-order valence-corrected chi connectivity index (χ3v) is 18.0. The van der Waals surface area contributed by atoms with E-state index in [1.165, 1.54) is 353 Å². The lowest BCUT2D eigenvalue weighted by molar-refractivity contribution is -0.143. The van der Waals surface area contributed by atoms with Gasteiger partial charge in [0.2, 0.25) is 5.91 Å². The van der Waals surface area contributed by atoms with Crippen LogP contribution in [0.5, 0.6) is 0 Å². The van der Waals surface area contributed by atoms with Gasteiger partial charge in [0.1, 0.15) is 0 Å². The Balaban J connectivity index is 3.38. The Morgan fingerprint density at radius 1 is 0.337 bits per heavy atom. The first kappa shape index (κ1) is 81.3. The number of ether oxygens (including phenoxy) is 1. The number of carbonyl (C=O) groups is 2. The predicted molar refractivity (Wildman–Crippen MR) is 366 cm³/mol. The van der Waals surface area contributed by atoms with Gasteiger partial charge in [-0.15, -0.1) is 0 Å². The second-order valence-corrected chi connectivity index (χ2v) is 26.3. The van der Waals surface area contributed by atoms with Gasteiger partial charge in [-0.3, -0.25) is 9.59 Å². The lowest BCUT2D eigenvalue weighted by Gasteiger charge is -2.22. The van der Waals surface area contributed by atoms with Crippen LogP contribution in [0.15, 0.2) is 24.3 Å². The SMILES string of the molecule is CCCCCCCCCCCCCCCCCCCCCC(=O)OCCCCCCCCCCC/C=C\C/C=C\CCCCCCCCCCCCCCCC(=O)NC(CO)C(O)CCCCCCCCCCCCCCCCCCCC. The minimum absolute atomic E-state index is 0.0178. The van der Waals surface area contributed by atoms with Crippen LogP contribution in [-0.2, 0) is 14.3 Å². The maximum Gasteiger partial charge on any atom is 0.305 e. The monoisotopic (exact) mass is 1170 g/mol. The molecule has 0 saturated carbocycles. The minimum Gasteiger partial charge on any atom is -0.466 e. The van der Waals surface area contributed by atoms with Crippen molar-refractivity contribution in [3.63, 3.8) is 0 Å². The van der Waals surface area contributed by atoms with Gasteiger partial charge in [-0.1, -0.05) is 385 Å². The number of esters is 1. The average Bonchev–Trinajstić information content (AvgIpc) is 3.49. The molecular weight excluding hydrogens is 1020 g/mol. The van der Waals surface area contributed by atoms with Crippen molar-refractivity contribution < 1.29 is 24.5 Å². The van der Waals surface area contributed by atoms with Crippen molar-refractivity contribution >= 4 is 11.9 Å². The molecule has 6 nitrogen and oxygen atoms in total. The molecule has 3 N–H and O–H groups in total. The fraction of sp³-hybridized carbons (Fsp3) is 0.922. The second-order valence-electron chi connectivity index (χ2n) is 26.3. The maximum atomic E-state index is 12.5. The molecule has 492 valence electrons. The lowest BCUT2D eigenvalue weighted by Crippen LogP contribution is -2.45. The first-order valence-electron chi connectivity index (χ1n) is 38.1. The van der Waals surface area contributed by atoms with Crippen LogP contribution >= 0.6 is 0 Å². The molecule has 2 atom stereocenters. The van der Waals surface area contributed by atoms with Crippen LogP contribution in [-0.4, -0.2) is 47.4 Å². The highest BCUT2D eigenvalue weighted by Crippen LogP contribution is 2.20. The Morgan fingerprint density at radius 3 is 0.916 bits per heavy atom. The van der Waals surface area contributed by atoms with E-state index in [9.17, 15) is 19.8 Å². The first-order chi connectivity index (χ1) is 41.0. The summed E-state index contributed by atoms with van der Waals surface area (Å²) in [6.07, 6.45) is 92.5. The molecule has 0 aliphatic carbocycles. The summed E-state index contributed by atoms with van der Waals surface area (Å²) in [5.74, 6) is -0.0140. The van der Waals surface area contributed by atoms with Crippen LogP contribution in [0.25, 0.3) is 0 Å². The van der Waals surface area contributed by atoms with Gasteiger partial charge in [0.05, 0.1) is 25.4 Å². The Kier molecular flexibility index (Phi) is 71.4. The largest absolute Gasteiger partial charge is 0.466 e. The van der Waals surface area contributed by atoms with Gasteiger partial charge in [0.15, 0.2) is 0 Å². The van der Waals surface area contributed by atoms with Gasteiger partial charge in [-0.2, -0.15) is 0 Å². The van der Waals surface area contributed by atoms with E-state index < -0.39 is 12.1 Å². The van der Waals surface area contributed by atoms with Crippen molar-refractivity contribution in [1.82, 2.24) is 5.32 Å². The Labute approximate surface area is 520 Å². The molecule has 0 saturated heterocycles. The third-order valence-electron chi connectivity index (χ3n) is 18.0. The van der Waals surface area contributed by atoms with E-state index in [0.717, 1.165) is 44.9 Å². The predicted octanol–water partition coefficient (Wildman–Crippen LogP) is 24.9. The van der Waals surface area contributed by atoms with Crippen LogP contribution < -0.4 is 5.32 Å². The second kappa shape index (κ2) is 72.8. The van der Waals surface area contributed by atoms with Crippen LogP contribution in [0.4, 0.5) is 0 Å². The van der Waals surface area contributed by atoms with E-state index in [1.807, 2.05) is 0 Å². The summed E-state index contributed by atoms with van der Waals surface area (Å²) in [5.41, 5.74) is 0. The molecule has 0 radical (unpaired) electrons. The third kappa shape index (κ3) is 69.3. The van der Waals surface area contributed by atoms with E-state index in [2.05, 4.69) is 43.5 Å². The highest BCUT2D eigenvalue weighted by Gasteiger charge is 2.20. The summed E-state index contributed by atoms with van der Waals surface area (Å²) in [6, 6.07) is -0.543. The number of allylic oxidation sites excluding steroid dienone is 4. The zero-order chi connectivity index (χ0) is 59.9. The van der Waals surface area contributed by atoms with Crippen molar-refractivity contribution in [2.75, 3.05) is 13.2 Å². The number of hydrogen-bond acceptors (Lipinski definition) is 5. The van der Waals surface area contributed by atoms with E-state index in [0.29, 0.717) is 25.9 Å². The molecule has 0 aromatic carbocycles. The molecule has 0 aliphatic rings. The maximum absolute atomic E-state index is 12.5. The van der Waals surface area contributed by atoms with E-state index in [4.69, 9.17) is 4.74 Å². The fourth-order valence-electron chi connectivity index (χ4n) is 12.2. The minimum atomic E-state index is -0.665. The summed E-state index contributed by atoms with van der Waals surface area (Å²) in [6.45, 7) is 5.00. The van der Waals surface area contributed by atoms with Gasteiger partial charge in [-0.05, 0) is 57.8 Å². The molecule has 2 unspecified atom stereocenters. The molecule has 0 heterocycles. The Hall–Kier alpha value is -1.66. The molecule has 0 spiro atoms. The molecule has 0 bridgehead atoms. The molecule has 1 amide bonds. The molecule has 0 rings (SSSR count). The first-order valence-corrected chi connectivity index (χ1v) is 38.1. The number of carbonyl (C=O) groups excluding carboxylic acids is 2. The molecule has 0 aliphatic heterocycles. The molecule has 6 heteroatoms. The standard InChI is InChI=1S/C77H149NO5/c1-3-5-7-9-11-13-15-17-19-21-34-39-43-47-51-55-59-63-67-71-77(82)83-72-68-64-60-56-52-48-44-40-36-33-31-29-27-25-23-24-26-28-30-32-35-38-42-46-50-54-58-62-66-70-76(81)78-74(73-79)75(80)69-65-61-57-53-49-45-41-37-22-20-18-16-14-12-10-8-6-4-2/h23,25,29,31,74-75,79-80H,3-22,24,26-28,30,32-73H2,1-2H3,(H,78,81)/b25-23-,31-29-. The molecular formula is C77H149NO5. The quantitative estimate of drug-likeness (QED) is 0.0320. The fourth-order valence-corrected chi connectivity index (χ4v) is 12.2. The highest BCUT2D eigenvalue weighted by molar-refractivity contribution is 5.76. The summed E-state index contributed by atoms with van der Waals surface area (Å²) < 4.78 is 5.51. The van der Waals surface area contributed by atoms with Crippen molar-refractivity contribution in [3.05, 3.63) is 24.3 Å². The number of hydrogen-bond donors (Lipinski definition) is 3. The van der Waals surface area contributed by atoms with Gasteiger partial charge >= 0.3 is 5.97 Å². The van der Waals surface area contributed by atoms with E-state index in [1.54, 1.807) is 0 Å². The van der Waals surface area contributed by atoms with Crippen LogP contribution in [0, 0.1) is 0 Å². The number of rotatable bonds is 72. The number of amides is 1. The van der Waals surface area contributed by atoms with Gasteiger partial charge < -0.3 is 20.3 Å². The molecule has 0 fully saturated rings. The van der Waals surface area contributed by atoms with Crippen LogP contribution in [0.2, 0.25) is 0 Å². The number of nitrogens with one attached hydrogen (secondary N) is 1. The topological polar surface area (TPSA) is 95.9 Å². The zero-order valence-corrected chi connectivity index (χ0v) is 56.5. The summed E-state index contributed by atoms with van der Waals surface area (Å²) >= 11 is 0. The molecule has 0 aromatic rings. The lowest BCUT2D eigenvalue weighted by atomic mass is 10.0. The van der Waals surface area contributed by atoms with Crippen molar-refractivity contribution in [2.45, 2.75) is 443 Å². The highest BCUT2D eigenvalue weighted by atomic mass is 16.5. The van der Waals surface area contributed by atoms with Gasteiger partial charge in [0, 0.05) is 12.8 Å². The van der Waals surface area contributed by atoms with E-state index in [-0.39, 0.29) is 18.5 Å². The van der Waals surface area contributed by atoms with Gasteiger partial charge in [0.25, 0.3) is 0 Å². The van der Waals surface area contributed by atoms with Crippen LogP contribution in [0.1, 0.15) is 431 Å².